The first-order valence-corrected chi connectivity index (χ1v) is 13.1. The number of hydrogen-bond donors (Lipinski definition) is 4. The van der Waals surface area contributed by atoms with Crippen molar-refractivity contribution in [2.24, 2.45) is 0 Å². The van der Waals surface area contributed by atoms with Crippen LogP contribution in [0.2, 0.25) is 0 Å². The molecule has 1 aliphatic rings. The molecule has 0 spiro atoms. The second kappa shape index (κ2) is 12.0. The zero-order chi connectivity index (χ0) is 28.0. The number of carboxylic acid groups (broad SMARTS) is 1. The highest BCUT2D eigenvalue weighted by Crippen LogP contribution is 2.35. The lowest BCUT2D eigenvalue weighted by atomic mass is 9.98. The van der Waals surface area contributed by atoms with Gasteiger partial charge >= 0.3 is 5.97 Å². The summed E-state index contributed by atoms with van der Waals surface area (Å²) in [5.74, 6) is -1.17. The molecule has 1 fully saturated rings. The number of carbonyl (C=O) groups excluding carboxylic acids is 2. The molecule has 4 rings (SSSR count). The Balaban J connectivity index is 1.39. The molecule has 3 aromatic rings. The van der Waals surface area contributed by atoms with Gasteiger partial charge in [-0.3, -0.25) is 9.59 Å². The number of nitrogens with one attached hydrogen (secondary N) is 2. The average Bonchev–Trinajstić information content (AvgIpc) is 3.35. The Kier molecular flexibility index (Phi) is 8.54. The normalized spacial score (nSPS) is 14.8. The minimum absolute atomic E-state index is 0.0797. The van der Waals surface area contributed by atoms with E-state index in [0.29, 0.717) is 24.2 Å². The Morgan fingerprint density at radius 3 is 2.08 bits per heavy atom. The second-order valence-corrected chi connectivity index (χ2v) is 10.3. The Bertz CT molecular complexity index is 1310. The standard InChI is InChI=1S/C31H34N2O6/c1-20-15-21(2)17-24(16-20)32-28(35)19-23-7-11-26(12-8-23)39-31(13-3-4-14-31)30(38)33-27(29(36)37)18-22-5-9-25(34)10-6-22/h5-12,15-17,27,34H,3-4,13-14,18-19H2,1-2H3,(H,32,35)(H,33,38)(H,36,37)/t27-/m1/s1. The van der Waals surface area contributed by atoms with Gasteiger partial charge < -0.3 is 25.6 Å². The lowest BCUT2D eigenvalue weighted by molar-refractivity contribution is -0.145. The van der Waals surface area contributed by atoms with Crippen LogP contribution < -0.4 is 15.4 Å². The number of aromatic hydroxyl groups is 1. The van der Waals surface area contributed by atoms with Crippen LogP contribution in [0.3, 0.4) is 0 Å². The number of carbonyl (C=O) groups is 3. The Morgan fingerprint density at radius 1 is 0.897 bits per heavy atom. The van der Waals surface area contributed by atoms with Crippen molar-refractivity contribution >= 4 is 23.5 Å². The van der Waals surface area contributed by atoms with Gasteiger partial charge in [-0.05, 0) is 98.2 Å². The van der Waals surface area contributed by atoms with Gasteiger partial charge in [-0.2, -0.15) is 0 Å². The quantitative estimate of drug-likeness (QED) is 0.301. The van der Waals surface area contributed by atoms with Gasteiger partial charge in [-0.25, -0.2) is 4.79 Å². The molecule has 0 bridgehead atoms. The molecule has 0 radical (unpaired) electrons. The number of aliphatic carboxylic acids is 1. The number of hydrogen-bond acceptors (Lipinski definition) is 5. The first-order valence-electron chi connectivity index (χ1n) is 13.1. The highest BCUT2D eigenvalue weighted by atomic mass is 16.5. The van der Waals surface area contributed by atoms with Crippen molar-refractivity contribution in [3.05, 3.63) is 89.0 Å². The zero-order valence-corrected chi connectivity index (χ0v) is 22.2. The molecule has 1 saturated carbocycles. The molecule has 1 atom stereocenters. The molecular weight excluding hydrogens is 496 g/mol. The van der Waals surface area contributed by atoms with Crippen LogP contribution >= 0.6 is 0 Å². The largest absolute Gasteiger partial charge is 0.508 e. The molecule has 204 valence electrons. The van der Waals surface area contributed by atoms with Crippen molar-refractivity contribution in [2.75, 3.05) is 5.32 Å². The van der Waals surface area contributed by atoms with Gasteiger partial charge in [0.15, 0.2) is 5.60 Å². The number of rotatable bonds is 10. The van der Waals surface area contributed by atoms with E-state index in [9.17, 15) is 24.6 Å². The summed E-state index contributed by atoms with van der Waals surface area (Å²) in [7, 11) is 0. The Labute approximate surface area is 228 Å². The molecule has 0 unspecified atom stereocenters. The fraction of sp³-hybridized carbons (Fsp3) is 0.323. The van der Waals surface area contributed by atoms with E-state index in [2.05, 4.69) is 10.6 Å². The Hall–Kier alpha value is -4.33. The van der Waals surface area contributed by atoms with Crippen molar-refractivity contribution in [1.82, 2.24) is 5.32 Å². The molecule has 39 heavy (non-hydrogen) atoms. The maximum Gasteiger partial charge on any atom is 0.326 e. The van der Waals surface area contributed by atoms with E-state index in [4.69, 9.17) is 4.74 Å². The van der Waals surface area contributed by atoms with E-state index in [1.54, 1.807) is 36.4 Å². The highest BCUT2D eigenvalue weighted by Gasteiger charge is 2.45. The van der Waals surface area contributed by atoms with Gasteiger partial charge in [0.2, 0.25) is 5.91 Å². The van der Waals surface area contributed by atoms with Crippen LogP contribution in [0, 0.1) is 13.8 Å². The third-order valence-corrected chi connectivity index (χ3v) is 6.91. The molecule has 0 heterocycles. The molecule has 0 saturated heterocycles. The van der Waals surface area contributed by atoms with Gasteiger partial charge in [0.05, 0.1) is 6.42 Å². The number of ether oxygens (including phenoxy) is 1. The van der Waals surface area contributed by atoms with Crippen molar-refractivity contribution < 1.29 is 29.3 Å². The number of carboxylic acids is 1. The van der Waals surface area contributed by atoms with Crippen LogP contribution in [0.5, 0.6) is 11.5 Å². The third kappa shape index (κ3) is 7.37. The average molecular weight is 531 g/mol. The summed E-state index contributed by atoms with van der Waals surface area (Å²) in [6.07, 6.45) is 2.81. The van der Waals surface area contributed by atoms with Crippen LogP contribution in [-0.4, -0.2) is 39.6 Å². The summed E-state index contributed by atoms with van der Waals surface area (Å²) in [5, 5.41) is 24.8. The minimum Gasteiger partial charge on any atom is -0.508 e. The molecule has 4 N–H and O–H groups in total. The molecule has 1 aliphatic carbocycles. The minimum atomic E-state index is -1.16. The van der Waals surface area contributed by atoms with Crippen LogP contribution in [0.4, 0.5) is 5.69 Å². The number of phenolic OH excluding ortho intramolecular Hbond substituents is 1. The lowest BCUT2D eigenvalue weighted by Gasteiger charge is -2.30. The van der Waals surface area contributed by atoms with Crippen LogP contribution in [0.1, 0.15) is 47.9 Å². The summed E-state index contributed by atoms with van der Waals surface area (Å²) in [6.45, 7) is 3.96. The molecule has 0 aromatic heterocycles. The maximum atomic E-state index is 13.4. The first-order chi connectivity index (χ1) is 18.6. The fourth-order valence-corrected chi connectivity index (χ4v) is 5.02. The summed E-state index contributed by atoms with van der Waals surface area (Å²) in [4.78, 5) is 37.9. The van der Waals surface area contributed by atoms with Crippen molar-refractivity contribution in [3.63, 3.8) is 0 Å². The predicted octanol–water partition coefficient (Wildman–Crippen LogP) is 4.69. The summed E-state index contributed by atoms with van der Waals surface area (Å²) >= 11 is 0. The molecule has 8 nitrogen and oxygen atoms in total. The van der Waals surface area contributed by atoms with Gasteiger partial charge in [-0.15, -0.1) is 0 Å². The van der Waals surface area contributed by atoms with Crippen molar-refractivity contribution in [1.29, 1.82) is 0 Å². The number of amides is 2. The second-order valence-electron chi connectivity index (χ2n) is 10.3. The van der Waals surface area contributed by atoms with Crippen LogP contribution in [-0.2, 0) is 27.2 Å². The third-order valence-electron chi connectivity index (χ3n) is 6.91. The van der Waals surface area contributed by atoms with Crippen LogP contribution in [0.15, 0.2) is 66.7 Å². The highest BCUT2D eigenvalue weighted by molar-refractivity contribution is 5.92. The molecular formula is C31H34N2O6. The number of aryl methyl sites for hydroxylation is 2. The molecule has 2 amide bonds. The van der Waals surface area contributed by atoms with Gasteiger partial charge in [0.25, 0.3) is 5.91 Å². The fourth-order valence-electron chi connectivity index (χ4n) is 5.02. The van der Waals surface area contributed by atoms with Gasteiger partial charge in [0, 0.05) is 12.1 Å². The van der Waals surface area contributed by atoms with E-state index >= 15 is 0 Å². The smallest absolute Gasteiger partial charge is 0.326 e. The van der Waals surface area contributed by atoms with E-state index in [-0.39, 0.29) is 24.5 Å². The predicted molar refractivity (Wildman–Crippen MR) is 148 cm³/mol. The van der Waals surface area contributed by atoms with Crippen LogP contribution in [0.25, 0.3) is 0 Å². The molecule has 0 aliphatic heterocycles. The zero-order valence-electron chi connectivity index (χ0n) is 22.2. The molecule has 3 aromatic carbocycles. The van der Waals surface area contributed by atoms with Crippen molar-refractivity contribution in [2.45, 2.75) is 64.0 Å². The maximum absolute atomic E-state index is 13.4. The van der Waals surface area contributed by atoms with Crippen molar-refractivity contribution in [3.8, 4) is 11.5 Å². The number of benzene rings is 3. The Morgan fingerprint density at radius 2 is 1.49 bits per heavy atom. The van der Waals surface area contributed by atoms with E-state index in [1.165, 1.54) is 12.1 Å². The number of phenols is 1. The summed E-state index contributed by atoms with van der Waals surface area (Å²) < 4.78 is 6.21. The summed E-state index contributed by atoms with van der Waals surface area (Å²) in [6, 6.07) is 18.0. The first kappa shape index (κ1) is 27.7. The van der Waals surface area contributed by atoms with E-state index in [0.717, 1.165) is 35.2 Å². The van der Waals surface area contributed by atoms with E-state index in [1.807, 2.05) is 32.0 Å². The van der Waals surface area contributed by atoms with Gasteiger partial charge in [-0.1, -0.05) is 30.3 Å². The van der Waals surface area contributed by atoms with E-state index < -0.39 is 23.5 Å². The van der Waals surface area contributed by atoms with Gasteiger partial charge in [0.1, 0.15) is 17.5 Å². The summed E-state index contributed by atoms with van der Waals surface area (Å²) in [5.41, 5.74) is 3.23. The SMILES string of the molecule is Cc1cc(C)cc(NC(=O)Cc2ccc(OC3(C(=O)N[C@H](Cc4ccc(O)cc4)C(=O)O)CCCC3)cc2)c1. The monoisotopic (exact) mass is 530 g/mol. The molecule has 8 heteroatoms. The number of anilines is 1. The topological polar surface area (TPSA) is 125 Å². The lowest BCUT2D eigenvalue weighted by Crippen LogP contribution is -2.54.